The first kappa shape index (κ1) is 11.8. The quantitative estimate of drug-likeness (QED) is 0.357. The highest BCUT2D eigenvalue weighted by molar-refractivity contribution is 6.36. The van der Waals surface area contributed by atoms with Crippen LogP contribution in [0.5, 0.6) is 0 Å². The fourth-order valence-electron chi connectivity index (χ4n) is 1.77. The van der Waals surface area contributed by atoms with E-state index in [1.54, 1.807) is 18.2 Å². The second-order valence-corrected chi connectivity index (χ2v) is 4.14. The lowest BCUT2D eigenvalue weighted by Crippen LogP contribution is -2.26. The van der Waals surface area contributed by atoms with Crippen molar-refractivity contribution in [2.24, 2.45) is 0 Å². The molecule has 0 aliphatic carbocycles. The van der Waals surface area contributed by atoms with Crippen LogP contribution >= 0.6 is 0 Å². The summed E-state index contributed by atoms with van der Waals surface area (Å²) in [7, 11) is 1.40. The minimum absolute atomic E-state index is 0.0563. The normalized spacial score (nSPS) is 13.8. The highest BCUT2D eigenvalue weighted by Crippen LogP contribution is 2.25. The predicted octanol–water partition coefficient (Wildman–Crippen LogP) is 0.532. The van der Waals surface area contributed by atoms with E-state index >= 15 is 0 Å². The molecular weight excluding hydrogens is 235 g/mol. The molecule has 0 saturated carbocycles. The van der Waals surface area contributed by atoms with Crippen LogP contribution in [0, 0.1) is 5.41 Å². The van der Waals surface area contributed by atoms with E-state index in [1.165, 1.54) is 7.11 Å². The Bertz CT molecular complexity index is 527. The van der Waals surface area contributed by atoms with Gasteiger partial charge in [0, 0.05) is 6.42 Å². The van der Waals surface area contributed by atoms with Crippen molar-refractivity contribution in [3.8, 4) is 0 Å². The molecule has 6 heteroatoms. The lowest BCUT2D eigenvalue weighted by Gasteiger charge is -2.08. The largest absolute Gasteiger partial charge is 0.484 e. The number of ether oxygens (including phenoxy) is 1. The van der Waals surface area contributed by atoms with Crippen LogP contribution in [0.25, 0.3) is 0 Å². The fraction of sp³-hybridized carbons (Fsp3) is 0.182. The summed E-state index contributed by atoms with van der Waals surface area (Å²) in [6.45, 7) is 0. The van der Waals surface area contributed by atoms with Gasteiger partial charge in [-0.05, 0) is 11.6 Å². The number of rotatable bonds is 2. The second kappa shape index (κ2) is 4.32. The molecule has 84 valence electrons. The van der Waals surface area contributed by atoms with Crippen LogP contribution < -0.4 is 0 Å². The number of amides is 2. The number of imide groups is 1. The van der Waals surface area contributed by atoms with Crippen molar-refractivity contribution in [3.63, 3.8) is 0 Å². The number of hydrogen-bond donors (Lipinski definition) is 1. The summed E-state index contributed by atoms with van der Waals surface area (Å²) in [4.78, 5) is 23.6. The third kappa shape index (κ3) is 1.86. The number of carbonyl (C=O) groups is 2. The molecule has 1 aliphatic rings. The Balaban J connectivity index is 2.49. The number of benzene rings is 1. The van der Waals surface area contributed by atoms with Gasteiger partial charge in [0.25, 0.3) is 0 Å². The minimum atomic E-state index is -0.352. The van der Waals surface area contributed by atoms with Gasteiger partial charge in [-0.3, -0.25) is 15.0 Å². The Morgan fingerprint density at radius 3 is 2.76 bits per heavy atom. The van der Waals surface area contributed by atoms with Crippen molar-refractivity contribution in [2.75, 3.05) is 7.11 Å². The highest BCUT2D eigenvalue weighted by Gasteiger charge is 2.33. The molecule has 2 amide bonds. The number of nitrogens with one attached hydrogen (secondary N) is 1. The van der Waals surface area contributed by atoms with E-state index in [4.69, 9.17) is 10.1 Å². The smallest absolute Gasteiger partial charge is 0.328 e. The highest BCUT2D eigenvalue weighted by atomic mass is 27.1. The van der Waals surface area contributed by atoms with Crippen molar-refractivity contribution in [2.45, 2.75) is 6.42 Å². The number of carbonyl (C=O) groups excluding carboxylic acids is 2. The first-order chi connectivity index (χ1) is 8.06. The van der Waals surface area contributed by atoms with E-state index in [1.807, 2.05) is 0 Å². The zero-order chi connectivity index (χ0) is 12.6. The molecule has 0 saturated heterocycles. The molecule has 1 N–H and O–H groups in total. The summed E-state index contributed by atoms with van der Waals surface area (Å²) in [5, 5.41) is 7.47. The van der Waals surface area contributed by atoms with Crippen LogP contribution in [0.3, 0.4) is 0 Å². The van der Waals surface area contributed by atoms with Gasteiger partial charge >= 0.3 is 16.5 Å². The van der Waals surface area contributed by atoms with Crippen molar-refractivity contribution >= 4 is 34.2 Å². The van der Waals surface area contributed by atoms with Crippen LogP contribution in [0.15, 0.2) is 18.2 Å². The van der Waals surface area contributed by atoms with Crippen LogP contribution in [0.4, 0.5) is 0 Å². The first-order valence-corrected chi connectivity index (χ1v) is 5.44. The van der Waals surface area contributed by atoms with E-state index in [0.29, 0.717) is 16.7 Å². The summed E-state index contributed by atoms with van der Waals surface area (Å²) in [6, 6.07) is 5.03. The molecule has 1 aromatic rings. The van der Waals surface area contributed by atoms with Crippen molar-refractivity contribution < 1.29 is 14.3 Å². The van der Waals surface area contributed by atoms with Crippen LogP contribution in [-0.4, -0.2) is 45.2 Å². The van der Waals surface area contributed by atoms with Gasteiger partial charge in [-0.2, -0.15) is 0 Å². The van der Waals surface area contributed by atoms with Gasteiger partial charge in [0.1, 0.15) is 0 Å². The topological polar surface area (TPSA) is 70.5 Å². The molecule has 0 aromatic heterocycles. The van der Waals surface area contributed by atoms with E-state index in [2.05, 4.69) is 16.5 Å². The average Bonchev–Trinajstić information content (AvgIpc) is 2.55. The molecule has 0 atom stereocenters. The van der Waals surface area contributed by atoms with E-state index in [9.17, 15) is 9.59 Å². The Morgan fingerprint density at radius 1 is 1.41 bits per heavy atom. The van der Waals surface area contributed by atoms with E-state index in [-0.39, 0.29) is 24.1 Å². The number of fused-ring (bicyclic) bond motifs is 1. The molecule has 2 rings (SSSR count). The molecule has 1 heterocycles. The molecule has 5 nitrogen and oxygen atoms in total. The maximum atomic E-state index is 11.9. The minimum Gasteiger partial charge on any atom is -0.484 e. The monoisotopic (exact) mass is 244 g/mol. The molecule has 0 spiro atoms. The van der Waals surface area contributed by atoms with Gasteiger partial charge in [0.2, 0.25) is 11.8 Å². The predicted molar refractivity (Wildman–Crippen MR) is 61.1 cm³/mol. The molecule has 1 aliphatic heterocycles. The summed E-state index contributed by atoms with van der Waals surface area (Å²) in [5.41, 5.74) is 1.39. The Kier molecular flexibility index (Phi) is 3.01. The summed E-state index contributed by atoms with van der Waals surface area (Å²) < 4.78 is 5.78. The fourth-order valence-corrected chi connectivity index (χ4v) is 2.03. The molecule has 1 aromatic carbocycles. The first-order valence-electron chi connectivity index (χ1n) is 4.93. The number of methoxy groups -OCH3 is 1. The van der Waals surface area contributed by atoms with Crippen molar-refractivity contribution in [1.82, 2.24) is 3.88 Å². The van der Waals surface area contributed by atoms with Crippen LogP contribution in [0.2, 0.25) is 0 Å². The van der Waals surface area contributed by atoms with Gasteiger partial charge in [0.05, 0.1) is 18.2 Å². The van der Waals surface area contributed by atoms with Gasteiger partial charge in [-0.15, -0.1) is 0 Å². The van der Waals surface area contributed by atoms with E-state index in [0.717, 1.165) is 3.88 Å². The summed E-state index contributed by atoms with van der Waals surface area (Å²) >= 11 is 2.10. The summed E-state index contributed by atoms with van der Waals surface area (Å²) in [5.74, 6) is -0.629. The maximum absolute atomic E-state index is 11.9. The lowest BCUT2D eigenvalue weighted by molar-refractivity contribution is 0.0766. The van der Waals surface area contributed by atoms with Crippen molar-refractivity contribution in [1.29, 1.82) is 5.41 Å². The van der Waals surface area contributed by atoms with Crippen LogP contribution in [0.1, 0.15) is 26.3 Å². The molecule has 17 heavy (non-hydrogen) atoms. The zero-order valence-electron chi connectivity index (χ0n) is 9.19. The van der Waals surface area contributed by atoms with E-state index < -0.39 is 0 Å². The zero-order valence-corrected chi connectivity index (χ0v) is 10.3. The molecule has 0 bridgehead atoms. The van der Waals surface area contributed by atoms with Crippen LogP contribution in [-0.2, 0) is 11.2 Å². The molecular formula is C11H9AlN2O3. The molecule has 0 unspecified atom stereocenters. The maximum Gasteiger partial charge on any atom is 0.328 e. The third-order valence-corrected chi connectivity index (χ3v) is 3.10. The Hall–Kier alpha value is -1.64. The van der Waals surface area contributed by atoms with Crippen molar-refractivity contribution in [3.05, 3.63) is 34.9 Å². The number of hydrogen-bond acceptors (Lipinski definition) is 4. The SMILES string of the molecule is COC(=N)Cc1cccc2c1C(=O)[N]([Al])C2=O. The second-order valence-electron chi connectivity index (χ2n) is 3.62. The molecule has 0 fully saturated rings. The van der Waals surface area contributed by atoms with Gasteiger partial charge in [0.15, 0.2) is 5.90 Å². The third-order valence-electron chi connectivity index (χ3n) is 2.63. The Labute approximate surface area is 107 Å². The summed E-state index contributed by atoms with van der Waals surface area (Å²) in [6.07, 6.45) is 0.206. The van der Waals surface area contributed by atoms with Gasteiger partial charge in [-0.1, -0.05) is 12.1 Å². The Morgan fingerprint density at radius 2 is 2.12 bits per heavy atom. The standard InChI is InChI=1S/C11H10N2O3.Al/c1-16-8(12)5-6-3-2-4-7-9(6)11(15)13-10(7)14;/h2-4,12H,5H2,1H3,(H,13,14,15);/q;+1/p-1. The molecule has 2 radical (unpaired) electrons. The number of nitrogens with zero attached hydrogens (tertiary/aromatic N) is 1. The van der Waals surface area contributed by atoms with Gasteiger partial charge in [-0.25, -0.2) is 0 Å². The average molecular weight is 244 g/mol. The van der Waals surface area contributed by atoms with Gasteiger partial charge < -0.3 is 8.62 Å². The lowest BCUT2D eigenvalue weighted by atomic mass is 10.0.